The van der Waals surface area contributed by atoms with Crippen LogP contribution in [0.5, 0.6) is 0 Å². The van der Waals surface area contributed by atoms with Gasteiger partial charge in [0.05, 0.1) is 12.7 Å². The van der Waals surface area contributed by atoms with Crippen molar-refractivity contribution in [2.45, 2.75) is 0 Å². The molecule has 0 amide bonds. The van der Waals surface area contributed by atoms with Crippen LogP contribution in [-0.2, 0) is 4.74 Å². The molecule has 3 nitrogen and oxygen atoms in total. The van der Waals surface area contributed by atoms with Gasteiger partial charge in [-0.3, -0.25) is 0 Å². The van der Waals surface area contributed by atoms with Gasteiger partial charge in [0.15, 0.2) is 0 Å². The van der Waals surface area contributed by atoms with E-state index in [9.17, 15) is 4.79 Å². The first-order chi connectivity index (χ1) is 14.7. The SMILES string of the molecule is COC(=O)c1cc(Br)ccc1-c1cccc(-c2cccc3c2oc2ccccc23)c1. The summed E-state index contributed by atoms with van der Waals surface area (Å²) in [5.74, 6) is -0.365. The topological polar surface area (TPSA) is 39.4 Å². The van der Waals surface area contributed by atoms with E-state index in [0.717, 1.165) is 48.7 Å². The van der Waals surface area contributed by atoms with Crippen LogP contribution >= 0.6 is 15.9 Å². The number of carbonyl (C=O) groups is 1. The van der Waals surface area contributed by atoms with Crippen molar-refractivity contribution in [1.29, 1.82) is 0 Å². The number of rotatable bonds is 3. The molecule has 4 heteroatoms. The van der Waals surface area contributed by atoms with Crippen molar-refractivity contribution < 1.29 is 13.9 Å². The molecule has 0 aliphatic heterocycles. The van der Waals surface area contributed by atoms with Crippen molar-refractivity contribution in [3.8, 4) is 22.3 Å². The first-order valence-corrected chi connectivity index (χ1v) is 10.3. The van der Waals surface area contributed by atoms with E-state index in [1.54, 1.807) is 6.07 Å². The molecule has 0 fully saturated rings. The summed E-state index contributed by atoms with van der Waals surface area (Å²) in [4.78, 5) is 12.3. The fourth-order valence-electron chi connectivity index (χ4n) is 3.88. The molecular weight excluding hydrogens is 440 g/mol. The predicted octanol–water partition coefficient (Wildman–Crippen LogP) is 7.47. The van der Waals surface area contributed by atoms with Crippen LogP contribution < -0.4 is 0 Å². The maximum atomic E-state index is 12.3. The number of esters is 1. The number of furan rings is 1. The van der Waals surface area contributed by atoms with Crippen LogP contribution in [0.15, 0.2) is 93.8 Å². The first kappa shape index (κ1) is 18.6. The lowest BCUT2D eigenvalue weighted by Gasteiger charge is -2.11. The summed E-state index contributed by atoms with van der Waals surface area (Å²) in [5, 5.41) is 2.19. The van der Waals surface area contributed by atoms with Gasteiger partial charge in [-0.25, -0.2) is 4.79 Å². The van der Waals surface area contributed by atoms with Gasteiger partial charge in [0.2, 0.25) is 0 Å². The summed E-state index contributed by atoms with van der Waals surface area (Å²) >= 11 is 3.44. The highest BCUT2D eigenvalue weighted by Gasteiger charge is 2.16. The Morgan fingerprint density at radius 3 is 2.37 bits per heavy atom. The third kappa shape index (κ3) is 3.10. The number of benzene rings is 4. The molecular formula is C26H17BrO3. The van der Waals surface area contributed by atoms with Crippen molar-refractivity contribution >= 4 is 43.8 Å². The quantitative estimate of drug-likeness (QED) is 0.264. The monoisotopic (exact) mass is 456 g/mol. The van der Waals surface area contributed by atoms with Crippen LogP contribution in [0.25, 0.3) is 44.2 Å². The maximum Gasteiger partial charge on any atom is 0.338 e. The fourth-order valence-corrected chi connectivity index (χ4v) is 4.24. The van der Waals surface area contributed by atoms with Crippen LogP contribution in [0.3, 0.4) is 0 Å². The number of para-hydroxylation sites is 2. The molecule has 0 N–H and O–H groups in total. The lowest BCUT2D eigenvalue weighted by Crippen LogP contribution is -2.03. The zero-order valence-electron chi connectivity index (χ0n) is 16.2. The highest BCUT2D eigenvalue weighted by Crippen LogP contribution is 2.37. The summed E-state index contributed by atoms with van der Waals surface area (Å²) in [7, 11) is 1.39. The van der Waals surface area contributed by atoms with Gasteiger partial charge in [-0.15, -0.1) is 0 Å². The van der Waals surface area contributed by atoms with Crippen molar-refractivity contribution in [3.63, 3.8) is 0 Å². The van der Waals surface area contributed by atoms with Gasteiger partial charge in [-0.2, -0.15) is 0 Å². The van der Waals surface area contributed by atoms with E-state index in [2.05, 4.69) is 46.3 Å². The van der Waals surface area contributed by atoms with Crippen LogP contribution in [0, 0.1) is 0 Å². The molecule has 0 atom stereocenters. The predicted molar refractivity (Wildman–Crippen MR) is 124 cm³/mol. The molecule has 5 rings (SSSR count). The van der Waals surface area contributed by atoms with Gasteiger partial charge in [0.25, 0.3) is 0 Å². The van der Waals surface area contributed by atoms with E-state index in [4.69, 9.17) is 9.15 Å². The van der Waals surface area contributed by atoms with E-state index in [1.807, 2.05) is 48.5 Å². The molecule has 146 valence electrons. The maximum absolute atomic E-state index is 12.3. The second kappa shape index (κ2) is 7.47. The third-order valence-corrected chi connectivity index (χ3v) is 5.77. The van der Waals surface area contributed by atoms with Gasteiger partial charge in [0, 0.05) is 20.8 Å². The zero-order chi connectivity index (χ0) is 20.7. The van der Waals surface area contributed by atoms with E-state index >= 15 is 0 Å². The molecule has 0 aliphatic carbocycles. The number of methoxy groups -OCH3 is 1. The minimum Gasteiger partial charge on any atom is -0.465 e. The normalized spacial score (nSPS) is 11.1. The van der Waals surface area contributed by atoms with Crippen molar-refractivity contribution in [3.05, 3.63) is 95.0 Å². The summed E-state index contributed by atoms with van der Waals surface area (Å²) in [6.07, 6.45) is 0. The Kier molecular flexibility index (Phi) is 4.64. The zero-order valence-corrected chi connectivity index (χ0v) is 17.8. The van der Waals surface area contributed by atoms with Gasteiger partial charge in [-0.05, 0) is 41.0 Å². The largest absolute Gasteiger partial charge is 0.465 e. The molecule has 0 radical (unpaired) electrons. The number of carbonyl (C=O) groups excluding carboxylic acids is 1. The van der Waals surface area contributed by atoms with Crippen LogP contribution in [-0.4, -0.2) is 13.1 Å². The van der Waals surface area contributed by atoms with Crippen molar-refractivity contribution in [1.82, 2.24) is 0 Å². The van der Waals surface area contributed by atoms with Gasteiger partial charge >= 0.3 is 5.97 Å². The van der Waals surface area contributed by atoms with E-state index < -0.39 is 0 Å². The highest BCUT2D eigenvalue weighted by atomic mass is 79.9. The van der Waals surface area contributed by atoms with Gasteiger partial charge in [0.1, 0.15) is 11.2 Å². The third-order valence-electron chi connectivity index (χ3n) is 5.28. The molecule has 4 aromatic carbocycles. The Labute approximate surface area is 182 Å². The first-order valence-electron chi connectivity index (χ1n) is 9.54. The molecule has 0 bridgehead atoms. The Morgan fingerprint density at radius 1 is 0.800 bits per heavy atom. The van der Waals surface area contributed by atoms with E-state index in [1.165, 1.54) is 7.11 Å². The standard InChI is InChI=1S/C26H17BrO3/c1-29-26(28)23-15-18(27)12-13-19(23)16-6-4-7-17(14-16)20-9-5-10-22-21-8-2-3-11-24(21)30-25(20)22/h2-15H,1H3. The molecule has 5 aromatic rings. The Bertz CT molecular complexity index is 1410. The lowest BCUT2D eigenvalue weighted by atomic mass is 9.95. The minimum absolute atomic E-state index is 0.365. The molecule has 0 unspecified atom stereocenters. The number of halogens is 1. The molecule has 30 heavy (non-hydrogen) atoms. The molecule has 1 aromatic heterocycles. The average molecular weight is 457 g/mol. The molecule has 0 aliphatic rings. The van der Waals surface area contributed by atoms with E-state index in [-0.39, 0.29) is 5.97 Å². The molecule has 0 saturated carbocycles. The average Bonchev–Trinajstić information content (AvgIpc) is 3.17. The van der Waals surface area contributed by atoms with Crippen LogP contribution in [0.4, 0.5) is 0 Å². The molecule has 1 heterocycles. The molecule has 0 saturated heterocycles. The minimum atomic E-state index is -0.365. The molecule has 0 spiro atoms. The Morgan fingerprint density at radius 2 is 1.53 bits per heavy atom. The smallest absolute Gasteiger partial charge is 0.338 e. The lowest BCUT2D eigenvalue weighted by molar-refractivity contribution is 0.0601. The summed E-state index contributed by atoms with van der Waals surface area (Å²) < 4.78 is 12.0. The van der Waals surface area contributed by atoms with Crippen LogP contribution in [0.2, 0.25) is 0 Å². The van der Waals surface area contributed by atoms with E-state index in [0.29, 0.717) is 5.56 Å². The van der Waals surface area contributed by atoms with Gasteiger partial charge in [-0.1, -0.05) is 76.6 Å². The number of hydrogen-bond acceptors (Lipinski definition) is 3. The van der Waals surface area contributed by atoms with Crippen molar-refractivity contribution in [2.24, 2.45) is 0 Å². The summed E-state index contributed by atoms with van der Waals surface area (Å²) in [5.41, 5.74) is 6.05. The fraction of sp³-hybridized carbons (Fsp3) is 0.0385. The van der Waals surface area contributed by atoms with Gasteiger partial charge < -0.3 is 9.15 Å². The Balaban J connectivity index is 1.70. The summed E-state index contributed by atoms with van der Waals surface area (Å²) in [6, 6.07) is 28.0. The number of hydrogen-bond donors (Lipinski definition) is 0. The van der Waals surface area contributed by atoms with Crippen LogP contribution in [0.1, 0.15) is 10.4 Å². The number of fused-ring (bicyclic) bond motifs is 3. The second-order valence-corrected chi connectivity index (χ2v) is 7.96. The Hall–Kier alpha value is -3.37. The summed E-state index contributed by atoms with van der Waals surface area (Å²) in [6.45, 7) is 0. The number of ether oxygens (including phenoxy) is 1. The second-order valence-electron chi connectivity index (χ2n) is 7.04. The van der Waals surface area contributed by atoms with Crippen molar-refractivity contribution in [2.75, 3.05) is 7.11 Å². The highest BCUT2D eigenvalue weighted by molar-refractivity contribution is 9.10.